The molecule has 1 amide bonds. The second-order valence-corrected chi connectivity index (χ2v) is 14.1. The molecule has 45 heavy (non-hydrogen) atoms. The van der Waals surface area contributed by atoms with Gasteiger partial charge in [0, 0.05) is 29.7 Å². The highest BCUT2D eigenvalue weighted by molar-refractivity contribution is 7.92. The normalized spacial score (nSPS) is 24.3. The Morgan fingerprint density at radius 1 is 1.04 bits per heavy atom. The van der Waals surface area contributed by atoms with Gasteiger partial charge in [-0.15, -0.1) is 0 Å². The lowest BCUT2D eigenvalue weighted by Gasteiger charge is -2.46. The number of sulfone groups is 1. The average Bonchev–Trinajstić information content (AvgIpc) is 3.60. The van der Waals surface area contributed by atoms with E-state index in [4.69, 9.17) is 11.6 Å². The summed E-state index contributed by atoms with van der Waals surface area (Å²) in [5, 5.41) is 39.6. The smallest absolute Gasteiger partial charge is 0.255 e. The summed E-state index contributed by atoms with van der Waals surface area (Å²) in [5.74, 6) is -4.29. The van der Waals surface area contributed by atoms with Gasteiger partial charge in [-0.2, -0.15) is 5.10 Å². The molecule has 2 aliphatic rings. The number of nitrogens with one attached hydrogen (secondary N) is 1. The van der Waals surface area contributed by atoms with Crippen molar-refractivity contribution >= 4 is 33.0 Å². The van der Waals surface area contributed by atoms with E-state index in [1.54, 1.807) is 29.2 Å². The van der Waals surface area contributed by atoms with Crippen LogP contribution in [0.15, 0.2) is 78.1 Å². The average molecular weight is 659 g/mol. The predicted molar refractivity (Wildman–Crippen MR) is 159 cm³/mol. The summed E-state index contributed by atoms with van der Waals surface area (Å²) in [6.45, 7) is 0. The van der Waals surface area contributed by atoms with Crippen molar-refractivity contribution in [3.05, 3.63) is 101 Å². The van der Waals surface area contributed by atoms with Gasteiger partial charge >= 0.3 is 0 Å². The van der Waals surface area contributed by atoms with Crippen LogP contribution in [0, 0.1) is 23.5 Å². The second-order valence-electron chi connectivity index (χ2n) is 11.5. The summed E-state index contributed by atoms with van der Waals surface area (Å²) < 4.78 is 56.2. The first kappa shape index (κ1) is 31.2. The maximum atomic E-state index is 13.9. The molecule has 2 saturated carbocycles. The Morgan fingerprint density at radius 2 is 1.78 bits per heavy atom. The van der Waals surface area contributed by atoms with Crippen LogP contribution >= 0.6 is 11.6 Å². The molecule has 4 atom stereocenters. The zero-order chi connectivity index (χ0) is 32.1. The van der Waals surface area contributed by atoms with Crippen LogP contribution in [0.2, 0.25) is 5.02 Å². The first-order valence-electron chi connectivity index (χ1n) is 14.2. The van der Waals surface area contributed by atoms with Crippen LogP contribution < -0.4 is 5.32 Å². The molecule has 2 aliphatic carbocycles. The van der Waals surface area contributed by atoms with Crippen LogP contribution in [0.1, 0.15) is 47.8 Å². The van der Waals surface area contributed by atoms with E-state index in [1.165, 1.54) is 30.5 Å². The number of hydrogen-bond donors (Lipinski definition) is 4. The van der Waals surface area contributed by atoms with E-state index in [9.17, 15) is 37.3 Å². The van der Waals surface area contributed by atoms with Gasteiger partial charge in [0.2, 0.25) is 0 Å². The molecule has 0 radical (unpaired) electrons. The third-order valence-electron chi connectivity index (χ3n) is 9.00. The summed E-state index contributed by atoms with van der Waals surface area (Å²) in [4.78, 5) is 16.8. The van der Waals surface area contributed by atoms with Gasteiger partial charge in [-0.3, -0.25) is 9.78 Å². The Bertz CT molecular complexity index is 1830. The molecule has 2 aromatic carbocycles. The van der Waals surface area contributed by atoms with Crippen LogP contribution in [0.25, 0.3) is 5.69 Å². The van der Waals surface area contributed by atoms with Crippen LogP contribution in [-0.4, -0.2) is 61.4 Å². The molecule has 6 rings (SSSR count). The standard InChI is InChI=1S/C31H29ClF2N4O6S/c32-23-7-2-17(30(41)37-20-5-8-24(33)25(34)15-20)12-27(23)45(43,44)22-13-18-3-4-19(14-22)31(18,42)29(40)28(39)26-9-6-21(16-35-26)38-11-1-10-36-38/h1-2,5-12,15-16,18-19,22,28-29,39-40,42H,3-4,13-14H2,(H,37,41)/t18?,19?,22-,28?,29?,31-. The van der Waals surface area contributed by atoms with E-state index in [0.29, 0.717) is 18.5 Å². The fraction of sp³-hybridized carbons (Fsp3) is 0.323. The number of carbonyl (C=O) groups is 1. The maximum Gasteiger partial charge on any atom is 0.255 e. The van der Waals surface area contributed by atoms with Gasteiger partial charge in [-0.25, -0.2) is 21.9 Å². The molecule has 2 bridgehead atoms. The van der Waals surface area contributed by atoms with Crippen molar-refractivity contribution in [2.45, 2.75) is 53.6 Å². The van der Waals surface area contributed by atoms with E-state index < -0.39 is 62.3 Å². The maximum absolute atomic E-state index is 13.9. The molecule has 4 N–H and O–H groups in total. The molecular weight excluding hydrogens is 630 g/mol. The summed E-state index contributed by atoms with van der Waals surface area (Å²) in [6, 6.07) is 11.5. The zero-order valence-electron chi connectivity index (χ0n) is 23.6. The Balaban J connectivity index is 1.19. The van der Waals surface area contributed by atoms with Crippen molar-refractivity contribution in [2.75, 3.05) is 5.32 Å². The van der Waals surface area contributed by atoms with E-state index in [2.05, 4.69) is 15.4 Å². The van der Waals surface area contributed by atoms with Gasteiger partial charge < -0.3 is 20.6 Å². The van der Waals surface area contributed by atoms with Gasteiger partial charge in [0.1, 0.15) is 12.2 Å². The number of pyridine rings is 1. The number of halogens is 3. The SMILES string of the molecule is O=C(Nc1ccc(F)c(F)c1)c1ccc(Cl)c(S(=O)(=O)[C@H]2CC3CCC(C2)[C@]3(O)C(O)C(O)c2ccc(-n3cccn3)cn2)c1. The van der Waals surface area contributed by atoms with E-state index >= 15 is 0 Å². The van der Waals surface area contributed by atoms with Crippen LogP contribution in [0.4, 0.5) is 14.5 Å². The first-order valence-corrected chi connectivity index (χ1v) is 16.2. The second kappa shape index (κ2) is 11.9. The molecular formula is C31H29ClF2N4O6S. The highest BCUT2D eigenvalue weighted by atomic mass is 35.5. The van der Waals surface area contributed by atoms with Gasteiger partial charge in [0.25, 0.3) is 5.91 Å². The monoisotopic (exact) mass is 658 g/mol. The van der Waals surface area contributed by atoms with E-state index in [-0.39, 0.29) is 39.7 Å². The first-order chi connectivity index (χ1) is 21.4. The number of aliphatic hydroxyl groups is 3. The summed E-state index contributed by atoms with van der Waals surface area (Å²) in [7, 11) is -4.13. The molecule has 4 unspecified atom stereocenters. The number of aliphatic hydroxyl groups excluding tert-OH is 2. The number of carbonyl (C=O) groups excluding carboxylic acids is 1. The zero-order valence-corrected chi connectivity index (χ0v) is 25.2. The number of anilines is 1. The fourth-order valence-electron chi connectivity index (χ4n) is 6.64. The van der Waals surface area contributed by atoms with E-state index in [1.807, 2.05) is 0 Å². The Morgan fingerprint density at radius 3 is 2.40 bits per heavy atom. The van der Waals surface area contributed by atoms with Crippen molar-refractivity contribution in [3.8, 4) is 5.69 Å². The minimum Gasteiger partial charge on any atom is -0.387 e. The van der Waals surface area contributed by atoms with Crippen molar-refractivity contribution in [1.29, 1.82) is 0 Å². The molecule has 2 fully saturated rings. The van der Waals surface area contributed by atoms with E-state index in [0.717, 1.165) is 18.2 Å². The van der Waals surface area contributed by atoms with Crippen molar-refractivity contribution in [1.82, 2.24) is 14.8 Å². The number of rotatable bonds is 8. The summed E-state index contributed by atoms with van der Waals surface area (Å²) in [6.07, 6.45) is 2.51. The predicted octanol–water partition coefficient (Wildman–Crippen LogP) is 4.24. The largest absolute Gasteiger partial charge is 0.387 e. The number of nitrogens with zero attached hydrogens (tertiary/aromatic N) is 3. The number of benzene rings is 2. The highest BCUT2D eigenvalue weighted by Crippen LogP contribution is 2.55. The Labute approximate surface area is 262 Å². The van der Waals surface area contributed by atoms with Gasteiger partial charge in [0.05, 0.1) is 38.3 Å². The Kier molecular flexibility index (Phi) is 8.25. The molecule has 4 aromatic rings. The highest BCUT2D eigenvalue weighted by Gasteiger charge is 2.60. The van der Waals surface area contributed by atoms with Crippen LogP contribution in [0.3, 0.4) is 0 Å². The lowest BCUT2D eigenvalue weighted by atomic mass is 9.69. The minimum atomic E-state index is -4.13. The lowest BCUT2D eigenvalue weighted by molar-refractivity contribution is -0.178. The molecule has 0 aliphatic heterocycles. The molecule has 10 nitrogen and oxygen atoms in total. The van der Waals surface area contributed by atoms with Crippen LogP contribution in [-0.2, 0) is 9.84 Å². The van der Waals surface area contributed by atoms with Crippen molar-refractivity contribution < 1.29 is 37.3 Å². The Hall–Kier alpha value is -3.75. The van der Waals surface area contributed by atoms with Crippen molar-refractivity contribution in [2.24, 2.45) is 11.8 Å². The summed E-state index contributed by atoms with van der Waals surface area (Å²) in [5.41, 5.74) is -1.07. The molecule has 2 aromatic heterocycles. The fourth-order valence-corrected chi connectivity index (χ4v) is 9.04. The number of aromatic nitrogens is 3. The van der Waals surface area contributed by atoms with Gasteiger partial charge in [0.15, 0.2) is 21.5 Å². The number of fused-ring (bicyclic) bond motifs is 2. The third kappa shape index (κ3) is 5.63. The molecule has 0 saturated heterocycles. The summed E-state index contributed by atoms with van der Waals surface area (Å²) >= 11 is 6.31. The quantitative estimate of drug-likeness (QED) is 0.219. The number of amides is 1. The molecule has 0 spiro atoms. The molecule has 236 valence electrons. The minimum absolute atomic E-state index is 0.00755. The third-order valence-corrected chi connectivity index (χ3v) is 11.7. The molecule has 2 heterocycles. The lowest BCUT2D eigenvalue weighted by Crippen LogP contribution is -2.57. The van der Waals surface area contributed by atoms with Gasteiger partial charge in [-0.1, -0.05) is 11.6 Å². The number of hydrogen-bond acceptors (Lipinski definition) is 8. The van der Waals surface area contributed by atoms with Crippen LogP contribution in [0.5, 0.6) is 0 Å². The van der Waals surface area contributed by atoms with Crippen molar-refractivity contribution in [3.63, 3.8) is 0 Å². The topological polar surface area (TPSA) is 155 Å². The van der Waals surface area contributed by atoms with Gasteiger partial charge in [-0.05, 0) is 86.1 Å². The molecule has 14 heteroatoms.